The molecule has 164 valence electrons. The predicted octanol–water partition coefficient (Wildman–Crippen LogP) is 2.97. The Labute approximate surface area is 182 Å². The Bertz CT molecular complexity index is 1140. The standard InChI is InChI=1S/C24H30N4O3/c1-17(2)16-28-10-9-21-20(23(28)29)15-22(25(21)3)24(30)27-13-11-26(12-14-27)18-5-7-19(31-4)8-6-18/h5-10,15,17H,11-14,16H2,1-4H3. The van der Waals surface area contributed by atoms with Crippen LogP contribution in [-0.4, -0.2) is 53.2 Å². The first-order chi connectivity index (χ1) is 14.9. The molecule has 1 aliphatic heterocycles. The van der Waals surface area contributed by atoms with Gasteiger partial charge < -0.3 is 23.7 Å². The molecule has 1 aliphatic rings. The first-order valence-corrected chi connectivity index (χ1v) is 10.8. The Morgan fingerprint density at radius 2 is 1.74 bits per heavy atom. The molecule has 0 spiro atoms. The first kappa shape index (κ1) is 21.0. The second-order valence-electron chi connectivity index (χ2n) is 8.53. The zero-order chi connectivity index (χ0) is 22.1. The zero-order valence-electron chi connectivity index (χ0n) is 18.7. The van der Waals surface area contributed by atoms with Gasteiger partial charge in [-0.1, -0.05) is 13.8 Å². The number of methoxy groups -OCH3 is 1. The number of hydrogen-bond donors (Lipinski definition) is 0. The SMILES string of the molecule is COc1ccc(N2CCN(C(=O)c3cc4c(=O)n(CC(C)C)ccc4n3C)CC2)cc1. The van der Waals surface area contributed by atoms with Gasteiger partial charge in [-0.3, -0.25) is 9.59 Å². The van der Waals surface area contributed by atoms with Crippen molar-refractivity contribution in [2.24, 2.45) is 13.0 Å². The summed E-state index contributed by atoms with van der Waals surface area (Å²) in [4.78, 5) is 30.3. The maximum Gasteiger partial charge on any atom is 0.270 e. The molecule has 0 bridgehead atoms. The third-order valence-corrected chi connectivity index (χ3v) is 5.97. The number of nitrogens with zero attached hydrogens (tertiary/aromatic N) is 4. The van der Waals surface area contributed by atoms with E-state index in [1.54, 1.807) is 17.7 Å². The summed E-state index contributed by atoms with van der Waals surface area (Å²) in [6.07, 6.45) is 1.83. The van der Waals surface area contributed by atoms with Gasteiger partial charge in [0.2, 0.25) is 0 Å². The molecule has 31 heavy (non-hydrogen) atoms. The Balaban J connectivity index is 1.51. The van der Waals surface area contributed by atoms with E-state index in [2.05, 4.69) is 18.7 Å². The van der Waals surface area contributed by atoms with Crippen LogP contribution >= 0.6 is 0 Å². The lowest BCUT2D eigenvalue weighted by molar-refractivity contribution is 0.0737. The van der Waals surface area contributed by atoms with Crippen LogP contribution in [0.25, 0.3) is 10.9 Å². The van der Waals surface area contributed by atoms with Crippen LogP contribution in [0.2, 0.25) is 0 Å². The molecule has 3 heterocycles. The van der Waals surface area contributed by atoms with Crippen LogP contribution in [0.5, 0.6) is 5.75 Å². The first-order valence-electron chi connectivity index (χ1n) is 10.8. The molecule has 0 N–H and O–H groups in total. The zero-order valence-corrected chi connectivity index (χ0v) is 18.7. The summed E-state index contributed by atoms with van der Waals surface area (Å²) in [5.41, 5.74) is 2.45. The third kappa shape index (κ3) is 4.04. The number of amides is 1. The van der Waals surface area contributed by atoms with Gasteiger partial charge in [-0.2, -0.15) is 0 Å². The van der Waals surface area contributed by atoms with Crippen LogP contribution in [0.3, 0.4) is 0 Å². The molecule has 0 radical (unpaired) electrons. The third-order valence-electron chi connectivity index (χ3n) is 5.97. The van der Waals surface area contributed by atoms with Gasteiger partial charge in [0, 0.05) is 51.7 Å². The number of benzene rings is 1. The van der Waals surface area contributed by atoms with E-state index in [0.717, 1.165) is 30.0 Å². The number of aryl methyl sites for hydroxylation is 1. The molecule has 2 aromatic heterocycles. The summed E-state index contributed by atoms with van der Waals surface area (Å²) in [6.45, 7) is 7.66. The van der Waals surface area contributed by atoms with E-state index in [9.17, 15) is 9.59 Å². The molecule has 3 aromatic rings. The number of piperazine rings is 1. The van der Waals surface area contributed by atoms with Gasteiger partial charge in [0.1, 0.15) is 11.4 Å². The van der Waals surface area contributed by atoms with Gasteiger partial charge in [0.25, 0.3) is 11.5 Å². The normalized spacial score (nSPS) is 14.5. The molecule has 1 fully saturated rings. The van der Waals surface area contributed by atoms with Crippen molar-refractivity contribution in [2.45, 2.75) is 20.4 Å². The molecule has 1 saturated heterocycles. The average Bonchev–Trinajstić information content (AvgIpc) is 3.12. The summed E-state index contributed by atoms with van der Waals surface area (Å²) in [5.74, 6) is 1.19. The molecule has 0 atom stereocenters. The highest BCUT2D eigenvalue weighted by molar-refractivity contribution is 5.98. The number of pyridine rings is 1. The average molecular weight is 423 g/mol. The van der Waals surface area contributed by atoms with Crippen molar-refractivity contribution in [3.8, 4) is 5.75 Å². The van der Waals surface area contributed by atoms with Gasteiger partial charge in [-0.05, 0) is 42.3 Å². The van der Waals surface area contributed by atoms with Crippen LogP contribution in [0, 0.1) is 5.92 Å². The van der Waals surface area contributed by atoms with E-state index in [-0.39, 0.29) is 11.5 Å². The Morgan fingerprint density at radius 1 is 1.06 bits per heavy atom. The van der Waals surface area contributed by atoms with Crippen molar-refractivity contribution < 1.29 is 9.53 Å². The van der Waals surface area contributed by atoms with E-state index >= 15 is 0 Å². The number of fused-ring (bicyclic) bond motifs is 1. The number of carbonyl (C=O) groups is 1. The van der Waals surface area contributed by atoms with Crippen molar-refractivity contribution in [1.29, 1.82) is 0 Å². The monoisotopic (exact) mass is 422 g/mol. The summed E-state index contributed by atoms with van der Waals surface area (Å²) in [5, 5.41) is 0.603. The van der Waals surface area contributed by atoms with Crippen molar-refractivity contribution in [3.63, 3.8) is 0 Å². The largest absolute Gasteiger partial charge is 0.497 e. The second kappa shape index (κ2) is 8.49. The lowest BCUT2D eigenvalue weighted by Gasteiger charge is -2.36. The van der Waals surface area contributed by atoms with E-state index in [1.165, 1.54) is 0 Å². The van der Waals surface area contributed by atoms with E-state index in [4.69, 9.17) is 4.74 Å². The van der Waals surface area contributed by atoms with E-state index in [1.807, 2.05) is 53.0 Å². The smallest absolute Gasteiger partial charge is 0.270 e. The maximum absolute atomic E-state index is 13.3. The minimum atomic E-state index is -0.0369. The van der Waals surface area contributed by atoms with Crippen LogP contribution in [0.1, 0.15) is 24.3 Å². The molecule has 1 aromatic carbocycles. The highest BCUT2D eigenvalue weighted by atomic mass is 16.5. The lowest BCUT2D eigenvalue weighted by Crippen LogP contribution is -2.49. The Morgan fingerprint density at radius 3 is 2.35 bits per heavy atom. The Kier molecular flexibility index (Phi) is 5.76. The molecule has 7 nitrogen and oxygen atoms in total. The molecule has 4 rings (SSSR count). The van der Waals surface area contributed by atoms with Crippen molar-refractivity contribution in [2.75, 3.05) is 38.2 Å². The number of hydrogen-bond acceptors (Lipinski definition) is 4. The van der Waals surface area contributed by atoms with Crippen molar-refractivity contribution >= 4 is 22.5 Å². The number of rotatable bonds is 5. The fourth-order valence-electron chi connectivity index (χ4n) is 4.24. The quantitative estimate of drug-likeness (QED) is 0.634. The number of ether oxygens (including phenoxy) is 1. The number of aromatic nitrogens is 2. The second-order valence-corrected chi connectivity index (χ2v) is 8.53. The summed E-state index contributed by atoms with van der Waals surface area (Å²) in [6, 6.07) is 11.7. The molecule has 7 heteroatoms. The van der Waals surface area contributed by atoms with Crippen LogP contribution in [-0.2, 0) is 13.6 Å². The lowest BCUT2D eigenvalue weighted by atomic mass is 10.2. The highest BCUT2D eigenvalue weighted by Gasteiger charge is 2.25. The van der Waals surface area contributed by atoms with Crippen molar-refractivity contribution in [3.05, 3.63) is 58.6 Å². The van der Waals surface area contributed by atoms with Gasteiger partial charge in [-0.25, -0.2) is 0 Å². The van der Waals surface area contributed by atoms with E-state index in [0.29, 0.717) is 36.6 Å². The van der Waals surface area contributed by atoms with E-state index < -0.39 is 0 Å². The molecule has 1 amide bonds. The summed E-state index contributed by atoms with van der Waals surface area (Å²) in [7, 11) is 3.52. The Hall–Kier alpha value is -3.22. The fraction of sp³-hybridized carbons (Fsp3) is 0.417. The molecule has 0 aliphatic carbocycles. The molecule has 0 unspecified atom stereocenters. The van der Waals surface area contributed by atoms with Gasteiger partial charge in [0.15, 0.2) is 0 Å². The minimum absolute atomic E-state index is 0.0251. The van der Waals surface area contributed by atoms with Crippen LogP contribution < -0.4 is 15.2 Å². The topological polar surface area (TPSA) is 59.7 Å². The summed E-state index contributed by atoms with van der Waals surface area (Å²) < 4.78 is 8.80. The summed E-state index contributed by atoms with van der Waals surface area (Å²) >= 11 is 0. The fourth-order valence-corrected chi connectivity index (χ4v) is 4.24. The molecular formula is C24H30N4O3. The van der Waals surface area contributed by atoms with Gasteiger partial charge in [-0.15, -0.1) is 0 Å². The van der Waals surface area contributed by atoms with Gasteiger partial charge >= 0.3 is 0 Å². The molecular weight excluding hydrogens is 392 g/mol. The minimum Gasteiger partial charge on any atom is -0.497 e. The van der Waals surface area contributed by atoms with Crippen LogP contribution in [0.15, 0.2) is 47.4 Å². The van der Waals surface area contributed by atoms with Gasteiger partial charge in [0.05, 0.1) is 18.0 Å². The maximum atomic E-state index is 13.3. The van der Waals surface area contributed by atoms with Crippen molar-refractivity contribution in [1.82, 2.24) is 14.0 Å². The number of carbonyl (C=O) groups excluding carboxylic acids is 1. The molecule has 0 saturated carbocycles. The highest BCUT2D eigenvalue weighted by Crippen LogP contribution is 2.22. The van der Waals surface area contributed by atoms with Crippen LogP contribution in [0.4, 0.5) is 5.69 Å². The predicted molar refractivity (Wildman–Crippen MR) is 123 cm³/mol. The number of anilines is 1.